The van der Waals surface area contributed by atoms with E-state index in [0.717, 1.165) is 12.8 Å². The molecule has 0 fully saturated rings. The Labute approximate surface area is 116 Å². The second-order valence-corrected chi connectivity index (χ2v) is 5.27. The van der Waals surface area contributed by atoms with Gasteiger partial charge >= 0.3 is 0 Å². The Morgan fingerprint density at radius 1 is 1.32 bits per heavy atom. The molecule has 0 aliphatic heterocycles. The number of carbonyl (C=O) groups excluding carboxylic acids is 1. The van der Waals surface area contributed by atoms with Crippen molar-refractivity contribution in [3.8, 4) is 0 Å². The van der Waals surface area contributed by atoms with Crippen LogP contribution in [0, 0.1) is 6.92 Å². The third-order valence-electron chi connectivity index (χ3n) is 3.24. The Bertz CT molecular complexity index is 403. The van der Waals surface area contributed by atoms with Crippen molar-refractivity contribution < 1.29 is 4.79 Å². The van der Waals surface area contributed by atoms with Crippen molar-refractivity contribution in [2.24, 2.45) is 0 Å². The molecule has 19 heavy (non-hydrogen) atoms. The fourth-order valence-electron chi connectivity index (χ4n) is 2.13. The van der Waals surface area contributed by atoms with Crippen LogP contribution in [0.15, 0.2) is 24.3 Å². The third kappa shape index (κ3) is 5.88. The summed E-state index contributed by atoms with van der Waals surface area (Å²) in [6, 6.07) is 8.81. The zero-order chi connectivity index (χ0) is 14.3. The van der Waals surface area contributed by atoms with Crippen LogP contribution in [-0.4, -0.2) is 18.5 Å². The van der Waals surface area contributed by atoms with Gasteiger partial charge in [0.2, 0.25) is 5.91 Å². The van der Waals surface area contributed by atoms with Crippen molar-refractivity contribution in [2.45, 2.75) is 52.6 Å². The molecule has 0 aliphatic rings. The van der Waals surface area contributed by atoms with Gasteiger partial charge in [0.05, 0.1) is 6.54 Å². The molecule has 0 saturated heterocycles. The first-order chi connectivity index (χ1) is 9.02. The summed E-state index contributed by atoms with van der Waals surface area (Å²) in [6.07, 6.45) is 2.12. The fourth-order valence-corrected chi connectivity index (χ4v) is 2.13. The average Bonchev–Trinajstić information content (AvgIpc) is 2.36. The van der Waals surface area contributed by atoms with E-state index in [9.17, 15) is 4.79 Å². The van der Waals surface area contributed by atoms with Crippen LogP contribution in [0.5, 0.6) is 0 Å². The van der Waals surface area contributed by atoms with Crippen molar-refractivity contribution in [3.63, 3.8) is 0 Å². The zero-order valence-corrected chi connectivity index (χ0v) is 12.5. The van der Waals surface area contributed by atoms with Crippen LogP contribution in [0.4, 0.5) is 0 Å². The normalized spacial score (nSPS) is 13.9. The quantitative estimate of drug-likeness (QED) is 0.793. The maximum Gasteiger partial charge on any atom is 0.234 e. The lowest BCUT2D eigenvalue weighted by atomic mass is 10.1. The molecule has 0 radical (unpaired) electrons. The summed E-state index contributed by atoms with van der Waals surface area (Å²) in [5.74, 6) is 0.0699. The van der Waals surface area contributed by atoms with Crippen LogP contribution in [0.3, 0.4) is 0 Å². The van der Waals surface area contributed by atoms with Crippen molar-refractivity contribution in [3.05, 3.63) is 35.4 Å². The van der Waals surface area contributed by atoms with E-state index in [1.807, 2.05) is 13.0 Å². The van der Waals surface area contributed by atoms with Gasteiger partial charge in [0.15, 0.2) is 0 Å². The summed E-state index contributed by atoms with van der Waals surface area (Å²) in [5.41, 5.74) is 2.46. The first kappa shape index (κ1) is 15.7. The van der Waals surface area contributed by atoms with Gasteiger partial charge in [0, 0.05) is 12.1 Å². The zero-order valence-electron chi connectivity index (χ0n) is 12.5. The second-order valence-electron chi connectivity index (χ2n) is 5.27. The number of benzene rings is 1. The predicted octanol–water partition coefficient (Wildman–Crippen LogP) is 2.95. The predicted molar refractivity (Wildman–Crippen MR) is 80.1 cm³/mol. The average molecular weight is 262 g/mol. The monoisotopic (exact) mass is 262 g/mol. The molecular weight excluding hydrogens is 236 g/mol. The summed E-state index contributed by atoms with van der Waals surface area (Å²) in [5, 5.41) is 6.26. The molecule has 106 valence electrons. The van der Waals surface area contributed by atoms with E-state index in [1.165, 1.54) is 11.1 Å². The van der Waals surface area contributed by atoms with Gasteiger partial charge in [-0.25, -0.2) is 0 Å². The number of nitrogens with one attached hydrogen (secondary N) is 2. The van der Waals surface area contributed by atoms with Gasteiger partial charge in [-0.15, -0.1) is 0 Å². The van der Waals surface area contributed by atoms with Crippen molar-refractivity contribution in [1.29, 1.82) is 0 Å². The molecule has 3 nitrogen and oxygen atoms in total. The molecule has 1 aromatic carbocycles. The van der Waals surface area contributed by atoms with Crippen LogP contribution in [0.1, 0.15) is 50.8 Å². The maximum atomic E-state index is 11.8. The van der Waals surface area contributed by atoms with E-state index >= 15 is 0 Å². The maximum absolute atomic E-state index is 11.8. The van der Waals surface area contributed by atoms with Crippen LogP contribution >= 0.6 is 0 Å². The minimum Gasteiger partial charge on any atom is -0.353 e. The highest BCUT2D eigenvalue weighted by Crippen LogP contribution is 2.13. The Hall–Kier alpha value is -1.35. The number of amides is 1. The number of hydrogen-bond acceptors (Lipinski definition) is 2. The summed E-state index contributed by atoms with van der Waals surface area (Å²) in [7, 11) is 0. The summed E-state index contributed by atoms with van der Waals surface area (Å²) < 4.78 is 0. The minimum atomic E-state index is 0.0699. The topological polar surface area (TPSA) is 41.1 Å². The van der Waals surface area contributed by atoms with E-state index in [2.05, 4.69) is 49.6 Å². The van der Waals surface area contributed by atoms with Gasteiger partial charge < -0.3 is 10.6 Å². The van der Waals surface area contributed by atoms with Crippen molar-refractivity contribution in [2.75, 3.05) is 6.54 Å². The molecule has 1 rings (SSSR count). The van der Waals surface area contributed by atoms with Crippen LogP contribution in [0.25, 0.3) is 0 Å². The summed E-state index contributed by atoms with van der Waals surface area (Å²) in [4.78, 5) is 11.8. The molecule has 1 aromatic rings. The Morgan fingerprint density at radius 2 is 2.05 bits per heavy atom. The highest BCUT2D eigenvalue weighted by molar-refractivity contribution is 5.78. The van der Waals surface area contributed by atoms with Crippen LogP contribution in [0.2, 0.25) is 0 Å². The first-order valence-corrected chi connectivity index (χ1v) is 7.12. The number of aryl methyl sites for hydroxylation is 1. The molecule has 0 aliphatic carbocycles. The van der Waals surface area contributed by atoms with Gasteiger partial charge in [-0.3, -0.25) is 4.79 Å². The molecule has 1 amide bonds. The van der Waals surface area contributed by atoms with Gasteiger partial charge in [-0.2, -0.15) is 0 Å². The first-order valence-electron chi connectivity index (χ1n) is 7.12. The smallest absolute Gasteiger partial charge is 0.234 e. The fraction of sp³-hybridized carbons (Fsp3) is 0.562. The molecule has 0 bridgehead atoms. The standard InChI is InChI=1S/C16H26N2O/c1-5-7-13(3)18-16(19)11-17-14(4)15-9-6-8-12(2)10-15/h6,8-10,13-14,17H,5,7,11H2,1-4H3,(H,18,19)/t13?,14-/m1/s1. The SMILES string of the molecule is CCCC(C)NC(=O)CN[C@H](C)c1cccc(C)c1. The van der Waals surface area contributed by atoms with Gasteiger partial charge in [0.25, 0.3) is 0 Å². The lowest BCUT2D eigenvalue weighted by molar-refractivity contribution is -0.121. The molecule has 0 heterocycles. The molecule has 2 atom stereocenters. The van der Waals surface area contributed by atoms with E-state index in [0.29, 0.717) is 6.54 Å². The number of carbonyl (C=O) groups is 1. The molecule has 0 aromatic heterocycles. The van der Waals surface area contributed by atoms with E-state index < -0.39 is 0 Å². The highest BCUT2D eigenvalue weighted by Gasteiger charge is 2.09. The lowest BCUT2D eigenvalue weighted by Crippen LogP contribution is -2.39. The van der Waals surface area contributed by atoms with E-state index in [-0.39, 0.29) is 18.0 Å². The third-order valence-corrected chi connectivity index (χ3v) is 3.24. The van der Waals surface area contributed by atoms with E-state index in [1.54, 1.807) is 0 Å². The second kappa shape index (κ2) is 7.95. The van der Waals surface area contributed by atoms with Crippen LogP contribution < -0.4 is 10.6 Å². The van der Waals surface area contributed by atoms with Gasteiger partial charge in [0.1, 0.15) is 0 Å². The lowest BCUT2D eigenvalue weighted by Gasteiger charge is -2.17. The molecule has 2 N–H and O–H groups in total. The molecule has 3 heteroatoms. The Kier molecular flexibility index (Phi) is 6.57. The molecule has 0 spiro atoms. The largest absolute Gasteiger partial charge is 0.353 e. The van der Waals surface area contributed by atoms with Gasteiger partial charge in [-0.05, 0) is 32.8 Å². The summed E-state index contributed by atoms with van der Waals surface area (Å²) >= 11 is 0. The highest BCUT2D eigenvalue weighted by atomic mass is 16.1. The summed E-state index contributed by atoms with van der Waals surface area (Å²) in [6.45, 7) is 8.70. The molecule has 1 unspecified atom stereocenters. The minimum absolute atomic E-state index is 0.0699. The number of rotatable bonds is 7. The van der Waals surface area contributed by atoms with Crippen LogP contribution in [-0.2, 0) is 4.79 Å². The van der Waals surface area contributed by atoms with Crippen molar-refractivity contribution >= 4 is 5.91 Å². The Balaban J connectivity index is 2.37. The van der Waals surface area contributed by atoms with E-state index in [4.69, 9.17) is 0 Å². The number of hydrogen-bond donors (Lipinski definition) is 2. The molecule has 0 saturated carbocycles. The van der Waals surface area contributed by atoms with Gasteiger partial charge in [-0.1, -0.05) is 43.2 Å². The molecular formula is C16H26N2O. The Morgan fingerprint density at radius 3 is 2.68 bits per heavy atom. The van der Waals surface area contributed by atoms with Crippen molar-refractivity contribution in [1.82, 2.24) is 10.6 Å².